The van der Waals surface area contributed by atoms with E-state index in [1.807, 2.05) is 11.8 Å². The Labute approximate surface area is 121 Å². The lowest BCUT2D eigenvalue weighted by Crippen LogP contribution is -2.67. The Morgan fingerprint density at radius 3 is 2.10 bits per heavy atom. The number of hydrogen-bond acceptors (Lipinski definition) is 3. The second kappa shape index (κ2) is 4.45. The molecule has 20 heavy (non-hydrogen) atoms. The summed E-state index contributed by atoms with van der Waals surface area (Å²) < 4.78 is 0. The molecule has 0 aromatic rings. The van der Waals surface area contributed by atoms with Crippen LogP contribution in [-0.2, 0) is 9.59 Å². The van der Waals surface area contributed by atoms with Crippen molar-refractivity contribution in [3.63, 3.8) is 0 Å². The number of carbonyl (C=O) groups is 2. The van der Waals surface area contributed by atoms with Gasteiger partial charge in [-0.05, 0) is 47.5 Å². The fourth-order valence-electron chi connectivity index (χ4n) is 4.10. The van der Waals surface area contributed by atoms with Gasteiger partial charge in [-0.15, -0.1) is 0 Å². The van der Waals surface area contributed by atoms with E-state index in [-0.39, 0.29) is 35.4 Å². The van der Waals surface area contributed by atoms with E-state index < -0.39 is 5.41 Å². The van der Waals surface area contributed by atoms with Crippen LogP contribution in [0.5, 0.6) is 0 Å². The van der Waals surface area contributed by atoms with Crippen molar-refractivity contribution in [2.75, 3.05) is 6.54 Å². The van der Waals surface area contributed by atoms with Crippen molar-refractivity contribution < 1.29 is 9.59 Å². The van der Waals surface area contributed by atoms with Gasteiger partial charge in [0.15, 0.2) is 0 Å². The van der Waals surface area contributed by atoms with E-state index in [4.69, 9.17) is 5.73 Å². The Hall–Kier alpha value is -1.10. The molecule has 0 bridgehead atoms. The van der Waals surface area contributed by atoms with Crippen LogP contribution in [0, 0.1) is 5.41 Å². The molecule has 2 heterocycles. The molecule has 114 valence electrons. The molecule has 0 aromatic heterocycles. The van der Waals surface area contributed by atoms with Crippen LogP contribution >= 0.6 is 0 Å². The minimum absolute atomic E-state index is 0.0369. The standard InChI is InChI=1S/C15H27N3O2/c1-13(2)6-10(16)7-14(3,4)18(13)12(20)15(5)8-11(19)17-9-15/h10H,6-9,16H2,1-5H3,(H,17,19). The van der Waals surface area contributed by atoms with Crippen molar-refractivity contribution in [1.82, 2.24) is 10.2 Å². The minimum Gasteiger partial charge on any atom is -0.355 e. The molecule has 1 unspecified atom stereocenters. The van der Waals surface area contributed by atoms with Gasteiger partial charge in [-0.1, -0.05) is 0 Å². The summed E-state index contributed by atoms with van der Waals surface area (Å²) in [6, 6.07) is 0.111. The molecule has 3 N–H and O–H groups in total. The number of carbonyl (C=O) groups excluding carboxylic acids is 2. The molecule has 0 spiro atoms. The maximum atomic E-state index is 13.1. The van der Waals surface area contributed by atoms with E-state index in [0.717, 1.165) is 12.8 Å². The number of hydrogen-bond donors (Lipinski definition) is 2. The van der Waals surface area contributed by atoms with Crippen molar-refractivity contribution in [1.29, 1.82) is 0 Å². The second-order valence-corrected chi connectivity index (χ2v) is 7.95. The number of nitrogens with two attached hydrogens (primary N) is 1. The molecule has 2 saturated heterocycles. The van der Waals surface area contributed by atoms with Gasteiger partial charge >= 0.3 is 0 Å². The fraction of sp³-hybridized carbons (Fsp3) is 0.867. The van der Waals surface area contributed by atoms with Crippen molar-refractivity contribution in [3.05, 3.63) is 0 Å². The predicted molar refractivity (Wildman–Crippen MR) is 77.9 cm³/mol. The van der Waals surface area contributed by atoms with E-state index in [1.165, 1.54) is 0 Å². The fourth-order valence-corrected chi connectivity index (χ4v) is 4.10. The third-order valence-corrected chi connectivity index (χ3v) is 4.68. The van der Waals surface area contributed by atoms with Gasteiger partial charge in [0, 0.05) is 30.1 Å². The molecule has 0 saturated carbocycles. The van der Waals surface area contributed by atoms with Gasteiger partial charge in [-0.2, -0.15) is 0 Å². The van der Waals surface area contributed by atoms with Gasteiger partial charge in [0.25, 0.3) is 0 Å². The predicted octanol–water partition coefficient (Wildman–Crippen LogP) is 1.02. The summed E-state index contributed by atoms with van der Waals surface area (Å²) in [5.74, 6) is 0.0305. The molecule has 2 fully saturated rings. The van der Waals surface area contributed by atoms with Crippen LogP contribution in [0.1, 0.15) is 53.9 Å². The summed E-state index contributed by atoms with van der Waals surface area (Å²) in [4.78, 5) is 26.6. The van der Waals surface area contributed by atoms with Gasteiger partial charge in [-0.25, -0.2) is 0 Å². The average Bonchev–Trinajstić information content (AvgIpc) is 2.55. The van der Waals surface area contributed by atoms with Crippen LogP contribution in [-0.4, -0.2) is 40.4 Å². The van der Waals surface area contributed by atoms with Crippen LogP contribution in [0.25, 0.3) is 0 Å². The van der Waals surface area contributed by atoms with E-state index in [0.29, 0.717) is 6.54 Å². The lowest BCUT2D eigenvalue weighted by molar-refractivity contribution is -0.159. The highest BCUT2D eigenvalue weighted by molar-refractivity contribution is 5.92. The maximum absolute atomic E-state index is 13.1. The molecule has 5 nitrogen and oxygen atoms in total. The summed E-state index contributed by atoms with van der Waals surface area (Å²) >= 11 is 0. The van der Waals surface area contributed by atoms with Gasteiger partial charge in [-0.3, -0.25) is 9.59 Å². The SMILES string of the molecule is CC1(C(=O)N2C(C)(C)CC(N)CC2(C)C)CNC(=O)C1. The molecule has 0 aromatic carbocycles. The Balaban J connectivity index is 2.34. The monoisotopic (exact) mass is 281 g/mol. The van der Waals surface area contributed by atoms with Crippen LogP contribution in [0.3, 0.4) is 0 Å². The van der Waals surface area contributed by atoms with Crippen molar-refractivity contribution in [2.24, 2.45) is 11.1 Å². The number of piperidine rings is 1. The highest BCUT2D eigenvalue weighted by atomic mass is 16.2. The van der Waals surface area contributed by atoms with Gasteiger partial charge < -0.3 is 16.0 Å². The van der Waals surface area contributed by atoms with Gasteiger partial charge in [0.2, 0.25) is 11.8 Å². The van der Waals surface area contributed by atoms with E-state index in [9.17, 15) is 9.59 Å². The zero-order chi connectivity index (χ0) is 15.3. The first-order valence-corrected chi connectivity index (χ1v) is 7.35. The highest BCUT2D eigenvalue weighted by Gasteiger charge is 2.53. The van der Waals surface area contributed by atoms with Crippen LogP contribution in [0.4, 0.5) is 0 Å². The number of amides is 2. The Morgan fingerprint density at radius 2 is 1.70 bits per heavy atom. The van der Waals surface area contributed by atoms with Crippen molar-refractivity contribution >= 4 is 11.8 Å². The first-order chi connectivity index (χ1) is 8.98. The number of nitrogens with one attached hydrogen (secondary N) is 1. The van der Waals surface area contributed by atoms with Gasteiger partial charge in [0.1, 0.15) is 0 Å². The topological polar surface area (TPSA) is 75.4 Å². The van der Waals surface area contributed by atoms with Crippen molar-refractivity contribution in [2.45, 2.75) is 71.0 Å². The quantitative estimate of drug-likeness (QED) is 0.753. The smallest absolute Gasteiger partial charge is 0.231 e. The van der Waals surface area contributed by atoms with E-state index in [1.54, 1.807) is 0 Å². The minimum atomic E-state index is -0.632. The third kappa shape index (κ3) is 2.43. The first-order valence-electron chi connectivity index (χ1n) is 7.35. The summed E-state index contributed by atoms with van der Waals surface area (Å²) in [6.07, 6.45) is 1.86. The molecule has 2 amide bonds. The Bertz CT molecular complexity index is 426. The number of rotatable bonds is 1. The van der Waals surface area contributed by atoms with Crippen LogP contribution in [0.15, 0.2) is 0 Å². The summed E-state index contributed by atoms with van der Waals surface area (Å²) in [7, 11) is 0. The van der Waals surface area contributed by atoms with Crippen LogP contribution < -0.4 is 11.1 Å². The molecule has 0 aliphatic carbocycles. The molecular weight excluding hydrogens is 254 g/mol. The van der Waals surface area contributed by atoms with Crippen LogP contribution in [0.2, 0.25) is 0 Å². The molecule has 2 rings (SSSR count). The maximum Gasteiger partial charge on any atom is 0.231 e. The normalized spacial score (nSPS) is 33.1. The van der Waals surface area contributed by atoms with Crippen molar-refractivity contribution in [3.8, 4) is 0 Å². The van der Waals surface area contributed by atoms with Gasteiger partial charge in [0.05, 0.1) is 5.41 Å². The average molecular weight is 281 g/mol. The van der Waals surface area contributed by atoms with E-state index in [2.05, 4.69) is 33.0 Å². The zero-order valence-electron chi connectivity index (χ0n) is 13.2. The molecule has 1 atom stereocenters. The second-order valence-electron chi connectivity index (χ2n) is 7.95. The molecule has 5 heteroatoms. The summed E-state index contributed by atoms with van der Waals surface area (Å²) in [5.41, 5.74) is 4.95. The molecular formula is C15H27N3O2. The zero-order valence-corrected chi connectivity index (χ0v) is 13.2. The summed E-state index contributed by atoms with van der Waals surface area (Å²) in [6.45, 7) is 10.6. The molecule has 2 aliphatic heterocycles. The lowest BCUT2D eigenvalue weighted by atomic mass is 9.74. The largest absolute Gasteiger partial charge is 0.355 e. The lowest BCUT2D eigenvalue weighted by Gasteiger charge is -2.56. The Kier molecular flexibility index (Phi) is 3.40. The molecule has 0 radical (unpaired) electrons. The molecule has 2 aliphatic rings. The highest BCUT2D eigenvalue weighted by Crippen LogP contribution is 2.42. The number of likely N-dealkylation sites (tertiary alicyclic amines) is 1. The van der Waals surface area contributed by atoms with E-state index >= 15 is 0 Å². The summed E-state index contributed by atoms with van der Waals surface area (Å²) in [5, 5.41) is 2.78. The Morgan fingerprint density at radius 1 is 1.20 bits per heavy atom. The number of nitrogens with zero attached hydrogens (tertiary/aromatic N) is 1. The first kappa shape index (κ1) is 15.3. The third-order valence-electron chi connectivity index (χ3n) is 4.68.